The van der Waals surface area contributed by atoms with Gasteiger partial charge in [0.25, 0.3) is 0 Å². The second-order valence-corrected chi connectivity index (χ2v) is 3.67. The average molecular weight is 164 g/mol. The summed E-state index contributed by atoms with van der Waals surface area (Å²) in [6, 6.07) is 0. The van der Waals surface area contributed by atoms with E-state index < -0.39 is 0 Å². The second-order valence-electron chi connectivity index (χ2n) is 3.67. The smallest absolute Gasteiger partial charge is 0.169 e. The molecule has 2 rings (SSSR count). The molecule has 3 nitrogen and oxygen atoms in total. The molecular weight excluding hydrogens is 152 g/mol. The number of nitrogens with zero attached hydrogens (tertiary/aromatic N) is 2. The SMILES string of the molecule is CC1(n2cnc(C=O)c2)CCC1. The Labute approximate surface area is 71.4 Å². The summed E-state index contributed by atoms with van der Waals surface area (Å²) in [6.07, 6.45) is 8.04. The zero-order valence-electron chi connectivity index (χ0n) is 7.16. The fraction of sp³-hybridized carbons (Fsp3) is 0.556. The molecule has 1 aliphatic carbocycles. The largest absolute Gasteiger partial charge is 0.331 e. The van der Waals surface area contributed by atoms with Crippen molar-refractivity contribution in [2.75, 3.05) is 0 Å². The van der Waals surface area contributed by atoms with Crippen molar-refractivity contribution in [1.82, 2.24) is 9.55 Å². The number of carbonyl (C=O) groups excluding carboxylic acids is 1. The van der Waals surface area contributed by atoms with Gasteiger partial charge in [-0.05, 0) is 26.2 Å². The summed E-state index contributed by atoms with van der Waals surface area (Å²) in [5.41, 5.74) is 0.761. The molecule has 0 saturated heterocycles. The maximum Gasteiger partial charge on any atom is 0.169 e. The van der Waals surface area contributed by atoms with E-state index in [9.17, 15) is 4.79 Å². The minimum Gasteiger partial charge on any atom is -0.331 e. The Morgan fingerprint density at radius 3 is 2.83 bits per heavy atom. The minimum atomic E-state index is 0.230. The van der Waals surface area contributed by atoms with E-state index in [0.29, 0.717) is 5.69 Å². The molecule has 1 aromatic heterocycles. The van der Waals surface area contributed by atoms with Gasteiger partial charge in [-0.15, -0.1) is 0 Å². The normalized spacial score (nSPS) is 20.1. The molecule has 1 saturated carbocycles. The Morgan fingerprint density at radius 2 is 2.42 bits per heavy atom. The molecule has 0 bridgehead atoms. The summed E-state index contributed by atoms with van der Waals surface area (Å²) in [6.45, 7) is 2.20. The average Bonchev–Trinajstić information content (AvgIpc) is 2.48. The van der Waals surface area contributed by atoms with E-state index >= 15 is 0 Å². The van der Waals surface area contributed by atoms with Crippen LogP contribution in [0.5, 0.6) is 0 Å². The van der Waals surface area contributed by atoms with E-state index in [4.69, 9.17) is 0 Å². The number of hydrogen-bond donors (Lipinski definition) is 0. The minimum absolute atomic E-state index is 0.230. The third-order valence-corrected chi connectivity index (χ3v) is 2.78. The van der Waals surface area contributed by atoms with Crippen LogP contribution in [0, 0.1) is 0 Å². The van der Waals surface area contributed by atoms with Crippen LogP contribution in [-0.2, 0) is 5.54 Å². The standard InChI is InChI=1S/C9H12N2O/c1-9(3-2-4-9)11-5-8(6-12)10-7-11/h5-7H,2-4H2,1H3. The van der Waals surface area contributed by atoms with E-state index in [1.165, 1.54) is 19.3 Å². The van der Waals surface area contributed by atoms with Gasteiger partial charge in [0.05, 0.1) is 6.33 Å². The molecule has 0 radical (unpaired) electrons. The van der Waals surface area contributed by atoms with Crippen LogP contribution in [0.25, 0.3) is 0 Å². The van der Waals surface area contributed by atoms with Crippen LogP contribution in [0.15, 0.2) is 12.5 Å². The van der Waals surface area contributed by atoms with Crippen molar-refractivity contribution in [3.63, 3.8) is 0 Å². The summed E-state index contributed by atoms with van der Waals surface area (Å²) in [5.74, 6) is 0. The Hall–Kier alpha value is -1.12. The summed E-state index contributed by atoms with van der Waals surface area (Å²) in [4.78, 5) is 14.4. The first kappa shape index (κ1) is 7.53. The molecule has 1 aromatic rings. The zero-order valence-corrected chi connectivity index (χ0v) is 7.16. The molecule has 1 fully saturated rings. The van der Waals surface area contributed by atoms with Gasteiger partial charge >= 0.3 is 0 Å². The molecular formula is C9H12N2O. The first-order valence-electron chi connectivity index (χ1n) is 4.24. The number of carbonyl (C=O) groups is 1. The topological polar surface area (TPSA) is 34.9 Å². The molecule has 64 valence electrons. The van der Waals surface area contributed by atoms with Crippen LogP contribution in [0.1, 0.15) is 36.7 Å². The predicted octanol–water partition coefficient (Wildman–Crippen LogP) is 1.59. The van der Waals surface area contributed by atoms with Crippen LogP contribution in [0.4, 0.5) is 0 Å². The molecule has 0 aromatic carbocycles. The maximum atomic E-state index is 10.4. The third-order valence-electron chi connectivity index (χ3n) is 2.78. The molecule has 0 atom stereocenters. The van der Waals surface area contributed by atoms with E-state index in [1.807, 2.05) is 6.20 Å². The Balaban J connectivity index is 2.27. The lowest BCUT2D eigenvalue weighted by atomic mass is 9.78. The molecule has 0 amide bonds. The molecule has 0 N–H and O–H groups in total. The van der Waals surface area contributed by atoms with Gasteiger partial charge in [-0.3, -0.25) is 4.79 Å². The van der Waals surface area contributed by atoms with Crippen molar-refractivity contribution < 1.29 is 4.79 Å². The van der Waals surface area contributed by atoms with Crippen molar-refractivity contribution >= 4 is 6.29 Å². The van der Waals surface area contributed by atoms with Gasteiger partial charge in [-0.2, -0.15) is 0 Å². The van der Waals surface area contributed by atoms with Crippen molar-refractivity contribution in [1.29, 1.82) is 0 Å². The van der Waals surface area contributed by atoms with Crippen LogP contribution < -0.4 is 0 Å². The van der Waals surface area contributed by atoms with Crippen LogP contribution in [0.3, 0.4) is 0 Å². The van der Waals surface area contributed by atoms with Crippen molar-refractivity contribution in [2.45, 2.75) is 31.7 Å². The van der Waals surface area contributed by atoms with E-state index in [2.05, 4.69) is 16.5 Å². The summed E-state index contributed by atoms with van der Waals surface area (Å²) in [5, 5.41) is 0. The number of imidazole rings is 1. The second kappa shape index (κ2) is 2.44. The highest BCUT2D eigenvalue weighted by molar-refractivity contribution is 5.71. The van der Waals surface area contributed by atoms with Crippen LogP contribution in [0.2, 0.25) is 0 Å². The van der Waals surface area contributed by atoms with Gasteiger partial charge in [0.2, 0.25) is 0 Å². The highest BCUT2D eigenvalue weighted by atomic mass is 16.1. The summed E-state index contributed by atoms with van der Waals surface area (Å²) in [7, 11) is 0. The lowest BCUT2D eigenvalue weighted by Gasteiger charge is -2.39. The van der Waals surface area contributed by atoms with Crippen molar-refractivity contribution in [3.05, 3.63) is 18.2 Å². The van der Waals surface area contributed by atoms with Gasteiger partial charge in [0.1, 0.15) is 5.69 Å². The van der Waals surface area contributed by atoms with Gasteiger partial charge in [-0.1, -0.05) is 0 Å². The Morgan fingerprint density at radius 1 is 1.67 bits per heavy atom. The summed E-state index contributed by atoms with van der Waals surface area (Å²) < 4.78 is 2.06. The number of aldehydes is 1. The fourth-order valence-corrected chi connectivity index (χ4v) is 1.64. The van der Waals surface area contributed by atoms with Crippen molar-refractivity contribution in [2.24, 2.45) is 0 Å². The highest BCUT2D eigenvalue weighted by Crippen LogP contribution is 2.38. The molecule has 12 heavy (non-hydrogen) atoms. The molecule has 1 aliphatic rings. The van der Waals surface area contributed by atoms with Gasteiger partial charge in [-0.25, -0.2) is 4.98 Å². The first-order chi connectivity index (χ1) is 5.74. The van der Waals surface area contributed by atoms with E-state index in [1.54, 1.807) is 6.33 Å². The highest BCUT2D eigenvalue weighted by Gasteiger charge is 2.33. The zero-order chi connectivity index (χ0) is 8.60. The molecule has 0 spiro atoms. The fourth-order valence-electron chi connectivity index (χ4n) is 1.64. The number of aromatic nitrogens is 2. The monoisotopic (exact) mass is 164 g/mol. The maximum absolute atomic E-state index is 10.4. The quantitative estimate of drug-likeness (QED) is 0.622. The Kier molecular flexibility index (Phi) is 1.53. The van der Waals surface area contributed by atoms with Gasteiger partial charge in [0.15, 0.2) is 6.29 Å². The third kappa shape index (κ3) is 0.967. The first-order valence-corrected chi connectivity index (χ1v) is 4.24. The van der Waals surface area contributed by atoms with Gasteiger partial charge < -0.3 is 4.57 Å². The van der Waals surface area contributed by atoms with Crippen LogP contribution in [-0.4, -0.2) is 15.8 Å². The summed E-state index contributed by atoms with van der Waals surface area (Å²) >= 11 is 0. The number of hydrogen-bond acceptors (Lipinski definition) is 2. The van der Waals surface area contributed by atoms with Crippen molar-refractivity contribution in [3.8, 4) is 0 Å². The molecule has 3 heteroatoms. The lowest BCUT2D eigenvalue weighted by Crippen LogP contribution is -2.36. The molecule has 1 heterocycles. The van der Waals surface area contributed by atoms with Crippen LogP contribution >= 0.6 is 0 Å². The molecule has 0 unspecified atom stereocenters. The van der Waals surface area contributed by atoms with E-state index in [0.717, 1.165) is 6.29 Å². The predicted molar refractivity (Wildman–Crippen MR) is 45.1 cm³/mol. The van der Waals surface area contributed by atoms with E-state index in [-0.39, 0.29) is 5.54 Å². The Bertz CT molecular complexity index is 299. The van der Waals surface area contributed by atoms with Gasteiger partial charge in [0, 0.05) is 11.7 Å². The molecule has 0 aliphatic heterocycles. The lowest BCUT2D eigenvalue weighted by molar-refractivity contribution is 0.111. The number of rotatable bonds is 2.